The maximum absolute atomic E-state index is 12.0. The number of nitrogens with two attached hydrogens (primary N) is 1. The van der Waals surface area contributed by atoms with Crippen LogP contribution < -0.4 is 16.2 Å². The number of aliphatic imine (C=N–C) groups is 1. The molecule has 9 nitrogen and oxygen atoms in total. The number of hydrogen-bond donors (Lipinski definition) is 3. The van der Waals surface area contributed by atoms with Crippen molar-refractivity contribution in [3.05, 3.63) is 11.5 Å². The largest absolute Gasteiger partial charge is 0.830 e. The van der Waals surface area contributed by atoms with E-state index in [0.717, 1.165) is 0 Å². The van der Waals surface area contributed by atoms with Crippen molar-refractivity contribution in [1.29, 1.82) is 0 Å². The first kappa shape index (κ1) is 16.8. The summed E-state index contributed by atoms with van der Waals surface area (Å²) in [6, 6.07) is 0. The van der Waals surface area contributed by atoms with E-state index in [1.54, 1.807) is 16.8 Å². The summed E-state index contributed by atoms with van der Waals surface area (Å²) in [5.74, 6) is 0.514. The van der Waals surface area contributed by atoms with Gasteiger partial charge in [-0.25, -0.2) is 0 Å². The Balaban J connectivity index is 2.22. The van der Waals surface area contributed by atoms with Gasteiger partial charge in [-0.05, 0) is 5.92 Å². The lowest BCUT2D eigenvalue weighted by atomic mass is 10.00. The highest BCUT2D eigenvalue weighted by Gasteiger charge is 2.42. The van der Waals surface area contributed by atoms with Gasteiger partial charge in [0.05, 0.1) is 18.5 Å². The minimum absolute atomic E-state index is 0.0212. The lowest BCUT2D eigenvalue weighted by molar-refractivity contribution is -0.407. The van der Waals surface area contributed by atoms with Crippen LogP contribution in [-0.2, 0) is 4.74 Å². The molecule has 0 amide bonds. The van der Waals surface area contributed by atoms with Gasteiger partial charge in [0.1, 0.15) is 5.82 Å². The number of rotatable bonds is 5. The Morgan fingerprint density at radius 1 is 1.55 bits per heavy atom. The fraction of sp³-hybridized carbons (Fsp3) is 0.769. The summed E-state index contributed by atoms with van der Waals surface area (Å²) in [7, 11) is 3.26. The van der Waals surface area contributed by atoms with Gasteiger partial charge in [0.15, 0.2) is 12.1 Å². The lowest BCUT2D eigenvalue weighted by Crippen LogP contribution is -2.53. The van der Waals surface area contributed by atoms with Gasteiger partial charge < -0.3 is 36.0 Å². The van der Waals surface area contributed by atoms with Crippen molar-refractivity contribution in [1.82, 2.24) is 15.1 Å². The third kappa shape index (κ3) is 2.84. The number of likely N-dealkylation sites (N-methyl/N-ethyl adjacent to an activating group) is 1. The van der Waals surface area contributed by atoms with Gasteiger partial charge in [0, 0.05) is 20.4 Å². The van der Waals surface area contributed by atoms with E-state index in [0.29, 0.717) is 18.2 Å². The summed E-state index contributed by atoms with van der Waals surface area (Å²) >= 11 is 0. The molecule has 0 aromatic carbocycles. The predicted molar refractivity (Wildman–Crippen MR) is 79.1 cm³/mol. The topological polar surface area (TPSA) is 132 Å². The van der Waals surface area contributed by atoms with Crippen LogP contribution in [0.15, 0.2) is 16.5 Å². The summed E-state index contributed by atoms with van der Waals surface area (Å²) in [6.07, 6.45) is -3.82. The van der Waals surface area contributed by atoms with Crippen molar-refractivity contribution in [2.24, 2.45) is 16.6 Å². The fourth-order valence-corrected chi connectivity index (χ4v) is 2.88. The average Bonchev–Trinajstić information content (AvgIpc) is 2.75. The summed E-state index contributed by atoms with van der Waals surface area (Å²) in [6.45, 7) is 4.14. The Morgan fingerprint density at radius 2 is 2.18 bits per heavy atom. The summed E-state index contributed by atoms with van der Waals surface area (Å²) in [5.41, 5.74) is 6.04. The van der Waals surface area contributed by atoms with Crippen LogP contribution >= 0.6 is 0 Å². The predicted octanol–water partition coefficient (Wildman–Crippen LogP) is -2.95. The second-order valence-corrected chi connectivity index (χ2v) is 5.91. The smallest absolute Gasteiger partial charge is 0.265 e. The SMILES string of the molecule is COC(C(C)C)C(O)[C@H]([OH2+])N1CN(C)C2=C1NC(N)=NC2[O-]. The summed E-state index contributed by atoms with van der Waals surface area (Å²) in [4.78, 5) is 7.05. The number of guanidine groups is 1. The van der Waals surface area contributed by atoms with E-state index in [4.69, 9.17) is 15.6 Å². The molecule has 6 N–H and O–H groups in total. The molecular formula is C13H25N5O4. The number of ether oxygens (including phenoxy) is 1. The van der Waals surface area contributed by atoms with Gasteiger partial charge in [0.2, 0.25) is 0 Å². The molecule has 2 heterocycles. The lowest BCUT2D eigenvalue weighted by Gasteiger charge is -2.33. The molecule has 2 aliphatic heterocycles. The molecule has 126 valence electrons. The second-order valence-electron chi connectivity index (χ2n) is 5.91. The monoisotopic (exact) mass is 315 g/mol. The molecule has 2 aliphatic rings. The molecule has 22 heavy (non-hydrogen) atoms. The van der Waals surface area contributed by atoms with E-state index in [9.17, 15) is 10.2 Å². The van der Waals surface area contributed by atoms with E-state index < -0.39 is 24.7 Å². The second kappa shape index (κ2) is 6.29. The Kier molecular flexibility index (Phi) is 4.81. The number of methoxy groups -OCH3 is 1. The number of nitrogens with zero attached hydrogens (tertiary/aromatic N) is 3. The molecule has 0 aromatic rings. The number of nitrogens with one attached hydrogen (secondary N) is 1. The molecule has 0 bridgehead atoms. The van der Waals surface area contributed by atoms with Gasteiger partial charge >= 0.3 is 0 Å². The van der Waals surface area contributed by atoms with Crippen LogP contribution in [0.1, 0.15) is 13.8 Å². The highest BCUT2D eigenvalue weighted by Crippen LogP contribution is 2.28. The minimum atomic E-state index is -1.32. The van der Waals surface area contributed by atoms with Gasteiger partial charge in [0.25, 0.3) is 6.23 Å². The standard InChI is InChI=1S/C13H24N5O4/c1-6(2)9(22-4)8(19)12(21)18-5-17(3)7-10(18)15-13(14)16-11(7)20/h6,8-9,11-12,19,21H,5H2,1-4H3,(H3,14,15,16)/q-1/p+1/t8?,9?,11?,12-/m0/s1. The summed E-state index contributed by atoms with van der Waals surface area (Å²) in [5, 5.41) is 33.7. The molecule has 4 atom stereocenters. The van der Waals surface area contributed by atoms with Crippen LogP contribution in [-0.4, -0.2) is 71.5 Å². The van der Waals surface area contributed by atoms with Crippen LogP contribution in [0.3, 0.4) is 0 Å². The zero-order valence-corrected chi connectivity index (χ0v) is 13.3. The van der Waals surface area contributed by atoms with E-state index in [-0.39, 0.29) is 11.9 Å². The third-order valence-corrected chi connectivity index (χ3v) is 3.97. The van der Waals surface area contributed by atoms with Crippen molar-refractivity contribution >= 4 is 5.96 Å². The summed E-state index contributed by atoms with van der Waals surface area (Å²) < 4.78 is 5.30. The average molecular weight is 315 g/mol. The van der Waals surface area contributed by atoms with E-state index >= 15 is 0 Å². The molecular weight excluding hydrogens is 290 g/mol. The van der Waals surface area contributed by atoms with Crippen LogP contribution in [0.25, 0.3) is 0 Å². The molecule has 0 fully saturated rings. The van der Waals surface area contributed by atoms with Gasteiger partial charge in [-0.1, -0.05) is 13.8 Å². The first-order chi connectivity index (χ1) is 10.3. The van der Waals surface area contributed by atoms with E-state index in [2.05, 4.69) is 10.3 Å². The van der Waals surface area contributed by atoms with Crippen LogP contribution in [0, 0.1) is 5.92 Å². The first-order valence-electron chi connectivity index (χ1n) is 7.18. The quantitative estimate of drug-likeness (QED) is 0.462. The maximum atomic E-state index is 12.0. The molecule has 0 spiro atoms. The highest BCUT2D eigenvalue weighted by molar-refractivity contribution is 5.81. The molecule has 0 saturated heterocycles. The van der Waals surface area contributed by atoms with Crippen molar-refractivity contribution < 1.29 is 20.1 Å². The molecule has 0 aliphatic carbocycles. The zero-order valence-electron chi connectivity index (χ0n) is 13.3. The molecule has 0 aromatic heterocycles. The first-order valence-corrected chi connectivity index (χ1v) is 7.18. The van der Waals surface area contributed by atoms with Crippen LogP contribution in [0.5, 0.6) is 0 Å². The van der Waals surface area contributed by atoms with Crippen LogP contribution in [0.4, 0.5) is 0 Å². The Morgan fingerprint density at radius 3 is 2.73 bits per heavy atom. The number of aliphatic hydroxyl groups is 1. The molecule has 3 unspecified atom stereocenters. The van der Waals surface area contributed by atoms with E-state index in [1.165, 1.54) is 7.11 Å². The van der Waals surface area contributed by atoms with Crippen molar-refractivity contribution in [3.63, 3.8) is 0 Å². The zero-order chi connectivity index (χ0) is 16.6. The Hall–Kier alpha value is -1.55. The number of hydrogen-bond acceptors (Lipinski definition) is 8. The van der Waals surface area contributed by atoms with Gasteiger partial charge in [-0.3, -0.25) is 9.89 Å². The molecule has 9 heteroatoms. The van der Waals surface area contributed by atoms with Crippen molar-refractivity contribution in [3.8, 4) is 0 Å². The molecule has 2 rings (SSSR count). The highest BCUT2D eigenvalue weighted by atomic mass is 16.5. The number of aliphatic hydroxyl groups excluding tert-OH is 1. The minimum Gasteiger partial charge on any atom is -0.830 e. The van der Waals surface area contributed by atoms with Crippen molar-refractivity contribution in [2.45, 2.75) is 38.5 Å². The van der Waals surface area contributed by atoms with E-state index in [1.807, 2.05) is 13.8 Å². The van der Waals surface area contributed by atoms with Gasteiger partial charge in [-0.15, -0.1) is 0 Å². The maximum Gasteiger partial charge on any atom is 0.265 e. The van der Waals surface area contributed by atoms with Crippen LogP contribution in [0.2, 0.25) is 0 Å². The molecule has 0 radical (unpaired) electrons. The Labute approximate surface area is 129 Å². The fourth-order valence-electron chi connectivity index (χ4n) is 2.88. The normalized spacial score (nSPS) is 25.8. The third-order valence-electron chi connectivity index (χ3n) is 3.97. The Bertz CT molecular complexity index is 481. The van der Waals surface area contributed by atoms with Gasteiger partial charge in [-0.2, -0.15) is 0 Å². The van der Waals surface area contributed by atoms with Crippen molar-refractivity contribution in [2.75, 3.05) is 20.8 Å². The molecule has 0 saturated carbocycles.